The van der Waals surface area contributed by atoms with E-state index in [2.05, 4.69) is 38.0 Å². The summed E-state index contributed by atoms with van der Waals surface area (Å²) in [7, 11) is 8.35. The third-order valence-corrected chi connectivity index (χ3v) is 4.30. The number of rotatable bonds is 4. The maximum absolute atomic E-state index is 11.1. The van der Waals surface area contributed by atoms with Gasteiger partial charge in [-0.15, -0.1) is 0 Å². The number of halogens is 3. The molecular formula is C9H21F3N2Pb+2. The first-order valence-corrected chi connectivity index (χ1v) is 11.3. The summed E-state index contributed by atoms with van der Waals surface area (Å²) in [5, 5.41) is 0. The van der Waals surface area contributed by atoms with Gasteiger partial charge < -0.3 is 9.80 Å². The molecule has 0 radical (unpaired) electrons. The Hall–Kier alpha value is 0.632. The molecule has 0 aliphatic rings. The topological polar surface area (TPSA) is 6.48 Å². The molecule has 0 saturated carbocycles. The summed E-state index contributed by atoms with van der Waals surface area (Å²) >= 11 is -1.21. The Bertz CT molecular complexity index is 130. The predicted molar refractivity (Wildman–Crippen MR) is 59.6 cm³/mol. The minimum atomic E-state index is -3.86. The average molecular weight is 421 g/mol. The van der Waals surface area contributed by atoms with Gasteiger partial charge in [-0.3, -0.25) is 0 Å². The van der Waals surface area contributed by atoms with Crippen molar-refractivity contribution in [1.29, 1.82) is 0 Å². The fourth-order valence-electron chi connectivity index (χ4n) is 0.600. The van der Waals surface area contributed by atoms with Crippen LogP contribution in [0.4, 0.5) is 13.2 Å². The predicted octanol–water partition coefficient (Wildman–Crippen LogP) is 1.83. The zero-order chi connectivity index (χ0) is 12.5. The first-order chi connectivity index (χ1) is 6.69. The van der Waals surface area contributed by atoms with E-state index >= 15 is 0 Å². The molecule has 2 nitrogen and oxygen atoms in total. The van der Waals surface area contributed by atoms with Crippen LogP contribution in [0.1, 0.15) is 0 Å². The summed E-state index contributed by atoms with van der Waals surface area (Å²) in [5.74, 6) is 0. The summed E-state index contributed by atoms with van der Waals surface area (Å²) in [6.45, 7) is 2.29. The summed E-state index contributed by atoms with van der Waals surface area (Å²) in [4.78, 5) is 4.36. The van der Waals surface area contributed by atoms with Gasteiger partial charge in [-0.2, -0.15) is 0 Å². The molecular weight excluding hydrogens is 400 g/mol. The zero-order valence-corrected chi connectivity index (χ0v) is 14.0. The molecule has 0 atom stereocenters. The molecule has 0 fully saturated rings. The van der Waals surface area contributed by atoms with Crippen LogP contribution in [0.25, 0.3) is 0 Å². The van der Waals surface area contributed by atoms with Gasteiger partial charge in [0, 0.05) is 13.1 Å². The van der Waals surface area contributed by atoms with Gasteiger partial charge in [0.1, 0.15) is 0 Å². The molecule has 0 aliphatic carbocycles. The van der Waals surface area contributed by atoms with E-state index in [1.165, 1.54) is 0 Å². The summed E-state index contributed by atoms with van der Waals surface area (Å²) < 4.78 is 34.6. The molecule has 0 heterocycles. The van der Waals surface area contributed by atoms with Crippen LogP contribution in [0, 0.1) is 0 Å². The Morgan fingerprint density at radius 3 is 1.33 bits per heavy atom. The van der Waals surface area contributed by atoms with E-state index in [1.807, 2.05) is 0 Å². The van der Waals surface area contributed by atoms with Crippen LogP contribution in [0.2, 0.25) is 8.46 Å². The molecule has 0 saturated heterocycles. The van der Waals surface area contributed by atoms with E-state index in [4.69, 9.17) is 0 Å². The molecule has 0 aromatic carbocycles. The maximum atomic E-state index is 11.1. The number of hydrogen-bond donors (Lipinski definition) is 0. The van der Waals surface area contributed by atoms with Crippen molar-refractivity contribution in [3.05, 3.63) is 0 Å². The van der Waals surface area contributed by atoms with Gasteiger partial charge in [0.05, 0.1) is 0 Å². The third-order valence-electron chi connectivity index (χ3n) is 1.37. The van der Waals surface area contributed by atoms with E-state index in [0.29, 0.717) is 0 Å². The molecule has 0 aliphatic heterocycles. The molecule has 0 rings (SSSR count). The van der Waals surface area contributed by atoms with Crippen molar-refractivity contribution in [3.8, 4) is 0 Å². The summed E-state index contributed by atoms with van der Waals surface area (Å²) in [6.07, 6.45) is -3.86. The number of alkyl halides is 3. The van der Waals surface area contributed by atoms with Gasteiger partial charge in [-0.1, -0.05) is 0 Å². The van der Waals surface area contributed by atoms with Crippen molar-refractivity contribution in [3.63, 3.8) is 0 Å². The fourth-order valence-corrected chi connectivity index (χ4v) is 2.16. The van der Waals surface area contributed by atoms with E-state index < -0.39 is 34.4 Å². The molecule has 0 spiro atoms. The Balaban J connectivity index is 0. The second-order valence-electron chi connectivity index (χ2n) is 3.75. The number of hydrogen-bond acceptors (Lipinski definition) is 2. The molecule has 0 aromatic heterocycles. The second kappa shape index (κ2) is 9.83. The Morgan fingerprint density at radius 1 is 0.933 bits per heavy atom. The quantitative estimate of drug-likeness (QED) is 0.640. The molecule has 0 bridgehead atoms. The van der Waals surface area contributed by atoms with Gasteiger partial charge >= 0.3 is 52.0 Å². The van der Waals surface area contributed by atoms with Crippen molar-refractivity contribution < 1.29 is 13.2 Å². The summed E-state index contributed by atoms with van der Waals surface area (Å²) in [6, 6.07) is 0. The van der Waals surface area contributed by atoms with E-state index in [-0.39, 0.29) is 0 Å². The van der Waals surface area contributed by atoms with Crippen molar-refractivity contribution >= 4 is 24.2 Å². The van der Waals surface area contributed by atoms with Crippen molar-refractivity contribution in [2.45, 2.75) is 14.6 Å². The molecule has 0 unspecified atom stereocenters. The normalized spacial score (nSPS) is 11.1. The monoisotopic (exact) mass is 422 g/mol. The van der Waals surface area contributed by atoms with Crippen molar-refractivity contribution in [2.75, 3.05) is 41.3 Å². The van der Waals surface area contributed by atoms with Crippen LogP contribution < -0.4 is 0 Å². The molecule has 0 amide bonds. The molecule has 6 heteroatoms. The Labute approximate surface area is 103 Å². The first kappa shape index (κ1) is 18.0. The van der Waals surface area contributed by atoms with Gasteiger partial charge in [0.25, 0.3) is 0 Å². The van der Waals surface area contributed by atoms with E-state index in [0.717, 1.165) is 13.1 Å². The minimum absolute atomic E-state index is 0.465. The van der Waals surface area contributed by atoms with Crippen molar-refractivity contribution in [2.24, 2.45) is 0 Å². The van der Waals surface area contributed by atoms with Gasteiger partial charge in [-0.05, 0) is 28.2 Å². The third kappa shape index (κ3) is 25.2. The van der Waals surface area contributed by atoms with Crippen LogP contribution in [-0.4, -0.2) is 81.5 Å². The SMILES string of the molecule is CN(C)CCN(C)C.[CH3][Pb+2][CH2]C(F)(F)F. The molecule has 15 heavy (non-hydrogen) atoms. The summed E-state index contributed by atoms with van der Waals surface area (Å²) in [5.41, 5.74) is 0. The van der Waals surface area contributed by atoms with Crippen LogP contribution in [0.5, 0.6) is 0 Å². The zero-order valence-electron chi connectivity index (χ0n) is 10.1. The van der Waals surface area contributed by atoms with Gasteiger partial charge in [0.15, 0.2) is 0 Å². The van der Waals surface area contributed by atoms with Crippen molar-refractivity contribution in [1.82, 2.24) is 9.80 Å². The number of likely N-dealkylation sites (N-methyl/N-ethyl adjacent to an activating group) is 2. The second-order valence-corrected chi connectivity index (χ2v) is 7.88. The van der Waals surface area contributed by atoms with E-state index in [9.17, 15) is 13.2 Å². The van der Waals surface area contributed by atoms with Crippen LogP contribution in [0.15, 0.2) is 0 Å². The Morgan fingerprint density at radius 2 is 1.27 bits per heavy atom. The fraction of sp³-hybridized carbons (Fsp3) is 1.00. The van der Waals surface area contributed by atoms with Crippen LogP contribution in [-0.2, 0) is 0 Å². The van der Waals surface area contributed by atoms with Crippen LogP contribution >= 0.6 is 0 Å². The average Bonchev–Trinajstić information content (AvgIpc) is 1.99. The molecule has 0 aromatic rings. The van der Waals surface area contributed by atoms with Gasteiger partial charge in [0.2, 0.25) is 0 Å². The number of nitrogens with zero attached hydrogens (tertiary/aromatic N) is 2. The molecule has 90 valence electrons. The van der Waals surface area contributed by atoms with Crippen LogP contribution in [0.3, 0.4) is 0 Å². The molecule has 0 N–H and O–H groups in total. The Kier molecular flexibility index (Phi) is 11.8. The standard InChI is InChI=1S/C6H16N2.C2H2F3.CH3.Pb/c1-7(2)5-6-8(3)4;1-2(3,4)5;;/h5-6H2,1-4H3;1H2;1H3;/q;;;+2. The first-order valence-electron chi connectivity index (χ1n) is 4.70. The van der Waals surface area contributed by atoms with E-state index in [1.54, 1.807) is 4.48 Å². The van der Waals surface area contributed by atoms with Gasteiger partial charge in [-0.25, -0.2) is 0 Å².